The van der Waals surface area contributed by atoms with Crippen LogP contribution in [0, 0.1) is 0 Å². The van der Waals surface area contributed by atoms with Gasteiger partial charge >= 0.3 is 0 Å². The van der Waals surface area contributed by atoms with E-state index in [1.807, 2.05) is 24.4 Å². The van der Waals surface area contributed by atoms with Gasteiger partial charge in [-0.05, 0) is 32.0 Å². The number of likely N-dealkylation sites (tertiary alicyclic amines) is 1. The third kappa shape index (κ3) is 3.47. The molecule has 1 saturated heterocycles. The lowest BCUT2D eigenvalue weighted by atomic mass is 10.1. The van der Waals surface area contributed by atoms with E-state index in [1.165, 1.54) is 12.8 Å². The average Bonchev–Trinajstić information content (AvgIpc) is 3.22. The maximum absolute atomic E-state index is 12.7. The summed E-state index contributed by atoms with van der Waals surface area (Å²) in [5.74, 6) is 0.0188. The van der Waals surface area contributed by atoms with Gasteiger partial charge in [0, 0.05) is 43.3 Å². The first-order chi connectivity index (χ1) is 11.7. The number of rotatable bonds is 7. The molecule has 1 aromatic carbocycles. The molecule has 1 atom stereocenters. The fourth-order valence-corrected chi connectivity index (χ4v) is 3.65. The molecule has 1 aromatic heterocycles. The van der Waals surface area contributed by atoms with Gasteiger partial charge in [0.1, 0.15) is 0 Å². The third-order valence-corrected chi connectivity index (χ3v) is 4.97. The van der Waals surface area contributed by atoms with E-state index < -0.39 is 0 Å². The Morgan fingerprint density at radius 2 is 2.21 bits per heavy atom. The zero-order valence-corrected chi connectivity index (χ0v) is 14.6. The molecule has 3 rings (SSSR count). The molecule has 2 aromatic rings. The van der Waals surface area contributed by atoms with Crippen LogP contribution in [0.3, 0.4) is 0 Å². The predicted octanol–water partition coefficient (Wildman–Crippen LogP) is 2.50. The minimum Gasteiger partial charge on any atom is -0.383 e. The van der Waals surface area contributed by atoms with Crippen molar-refractivity contribution < 1.29 is 9.53 Å². The van der Waals surface area contributed by atoms with Crippen molar-refractivity contribution in [2.75, 3.05) is 33.4 Å². The highest BCUT2D eigenvalue weighted by Gasteiger charge is 2.24. The van der Waals surface area contributed by atoms with Crippen LogP contribution in [0.4, 0.5) is 0 Å². The summed E-state index contributed by atoms with van der Waals surface area (Å²) < 4.78 is 7.28. The van der Waals surface area contributed by atoms with Gasteiger partial charge < -0.3 is 14.6 Å². The Balaban J connectivity index is 1.74. The Morgan fingerprint density at radius 3 is 3.00 bits per heavy atom. The molecule has 1 fully saturated rings. The molecular formula is C19H27N3O2. The number of para-hydroxylation sites is 1. The number of ether oxygens (including phenoxy) is 1. The number of amides is 1. The van der Waals surface area contributed by atoms with E-state index in [4.69, 9.17) is 4.74 Å². The van der Waals surface area contributed by atoms with E-state index in [0.717, 1.165) is 42.6 Å². The summed E-state index contributed by atoms with van der Waals surface area (Å²) in [7, 11) is 1.69. The predicted molar refractivity (Wildman–Crippen MR) is 96.4 cm³/mol. The molecule has 1 N–H and O–H groups in total. The molecule has 0 bridgehead atoms. The molecule has 130 valence electrons. The van der Waals surface area contributed by atoms with Crippen LogP contribution in [0.25, 0.3) is 10.9 Å². The quantitative estimate of drug-likeness (QED) is 0.849. The number of nitrogens with zero attached hydrogens (tertiary/aromatic N) is 2. The smallest absolute Gasteiger partial charge is 0.253 e. The van der Waals surface area contributed by atoms with Crippen molar-refractivity contribution in [2.24, 2.45) is 0 Å². The van der Waals surface area contributed by atoms with Crippen molar-refractivity contribution >= 4 is 16.8 Å². The summed E-state index contributed by atoms with van der Waals surface area (Å²) in [4.78, 5) is 15.2. The summed E-state index contributed by atoms with van der Waals surface area (Å²) in [6.07, 6.45) is 4.35. The molecule has 0 radical (unpaired) electrons. The molecule has 0 spiro atoms. The SMILES string of the molecule is CCN1CCC[C@H]1CNC(=O)c1cn(CCOC)c2ccccc12. The zero-order valence-electron chi connectivity index (χ0n) is 14.6. The van der Waals surface area contributed by atoms with Gasteiger partial charge in [-0.2, -0.15) is 0 Å². The first-order valence-electron chi connectivity index (χ1n) is 8.83. The lowest BCUT2D eigenvalue weighted by Crippen LogP contribution is -2.40. The highest BCUT2D eigenvalue weighted by Crippen LogP contribution is 2.22. The van der Waals surface area contributed by atoms with Crippen LogP contribution in [0.2, 0.25) is 0 Å². The molecule has 1 amide bonds. The van der Waals surface area contributed by atoms with Crippen molar-refractivity contribution in [2.45, 2.75) is 32.4 Å². The zero-order chi connectivity index (χ0) is 16.9. The number of hydrogen-bond acceptors (Lipinski definition) is 3. The molecule has 24 heavy (non-hydrogen) atoms. The fourth-order valence-electron chi connectivity index (χ4n) is 3.65. The maximum Gasteiger partial charge on any atom is 0.253 e. The molecule has 0 unspecified atom stereocenters. The average molecular weight is 329 g/mol. The lowest BCUT2D eigenvalue weighted by Gasteiger charge is -2.22. The van der Waals surface area contributed by atoms with E-state index in [2.05, 4.69) is 27.8 Å². The van der Waals surface area contributed by atoms with Crippen LogP contribution >= 0.6 is 0 Å². The van der Waals surface area contributed by atoms with Gasteiger partial charge in [0.15, 0.2) is 0 Å². The second-order valence-corrected chi connectivity index (χ2v) is 6.38. The van der Waals surface area contributed by atoms with Gasteiger partial charge in [-0.25, -0.2) is 0 Å². The summed E-state index contributed by atoms with van der Waals surface area (Å²) in [5.41, 5.74) is 1.83. The summed E-state index contributed by atoms with van der Waals surface area (Å²) in [6, 6.07) is 8.53. The Kier molecular flexibility index (Phi) is 5.53. The van der Waals surface area contributed by atoms with Gasteiger partial charge in [0.25, 0.3) is 5.91 Å². The minimum atomic E-state index is 0.0188. The number of nitrogens with one attached hydrogen (secondary N) is 1. The second kappa shape index (κ2) is 7.81. The number of methoxy groups -OCH3 is 1. The lowest BCUT2D eigenvalue weighted by molar-refractivity contribution is 0.0942. The summed E-state index contributed by atoms with van der Waals surface area (Å²) in [5, 5.41) is 4.15. The number of aromatic nitrogens is 1. The molecule has 1 aliphatic rings. The normalized spacial score (nSPS) is 18.3. The van der Waals surface area contributed by atoms with Gasteiger partial charge in [0.05, 0.1) is 12.2 Å². The van der Waals surface area contributed by atoms with Crippen LogP contribution in [0.5, 0.6) is 0 Å². The van der Waals surface area contributed by atoms with E-state index in [-0.39, 0.29) is 5.91 Å². The number of benzene rings is 1. The highest BCUT2D eigenvalue weighted by atomic mass is 16.5. The Hall–Kier alpha value is -1.85. The molecule has 0 saturated carbocycles. The van der Waals surface area contributed by atoms with Crippen molar-refractivity contribution in [1.82, 2.24) is 14.8 Å². The van der Waals surface area contributed by atoms with Crippen LogP contribution in [0.15, 0.2) is 30.5 Å². The number of likely N-dealkylation sites (N-methyl/N-ethyl adjacent to an activating group) is 1. The van der Waals surface area contributed by atoms with Gasteiger partial charge in [0.2, 0.25) is 0 Å². The molecule has 2 heterocycles. The highest BCUT2D eigenvalue weighted by molar-refractivity contribution is 6.07. The number of fused-ring (bicyclic) bond motifs is 1. The molecule has 0 aliphatic carbocycles. The van der Waals surface area contributed by atoms with Gasteiger partial charge in [-0.1, -0.05) is 25.1 Å². The molecule has 5 nitrogen and oxygen atoms in total. The first kappa shape index (κ1) is 17.0. The summed E-state index contributed by atoms with van der Waals surface area (Å²) in [6.45, 7) is 6.49. The summed E-state index contributed by atoms with van der Waals surface area (Å²) >= 11 is 0. The molecular weight excluding hydrogens is 302 g/mol. The number of hydrogen-bond donors (Lipinski definition) is 1. The molecule has 5 heteroatoms. The van der Waals surface area contributed by atoms with Gasteiger partial charge in [-0.3, -0.25) is 9.69 Å². The largest absolute Gasteiger partial charge is 0.383 e. The standard InChI is InChI=1S/C19H27N3O2/c1-3-21-10-6-7-15(21)13-20-19(23)17-14-22(11-12-24-2)18-9-5-4-8-16(17)18/h4-5,8-9,14-15H,3,6-7,10-13H2,1-2H3,(H,20,23)/t15-/m0/s1. The Morgan fingerprint density at radius 1 is 1.38 bits per heavy atom. The van der Waals surface area contributed by atoms with Crippen LogP contribution in [0.1, 0.15) is 30.1 Å². The third-order valence-electron chi connectivity index (χ3n) is 4.97. The van der Waals surface area contributed by atoms with E-state index >= 15 is 0 Å². The fraction of sp³-hybridized carbons (Fsp3) is 0.526. The number of carbonyl (C=O) groups is 1. The van der Waals surface area contributed by atoms with Crippen molar-refractivity contribution in [1.29, 1.82) is 0 Å². The van der Waals surface area contributed by atoms with E-state index in [0.29, 0.717) is 12.6 Å². The topological polar surface area (TPSA) is 46.5 Å². The van der Waals surface area contributed by atoms with E-state index in [1.54, 1.807) is 7.11 Å². The van der Waals surface area contributed by atoms with Crippen molar-refractivity contribution in [3.63, 3.8) is 0 Å². The Bertz CT molecular complexity index is 695. The van der Waals surface area contributed by atoms with Crippen LogP contribution in [-0.2, 0) is 11.3 Å². The Labute approximate surface area is 143 Å². The van der Waals surface area contributed by atoms with Crippen molar-refractivity contribution in [3.05, 3.63) is 36.0 Å². The maximum atomic E-state index is 12.7. The minimum absolute atomic E-state index is 0.0188. The van der Waals surface area contributed by atoms with Gasteiger partial charge in [-0.15, -0.1) is 0 Å². The number of carbonyl (C=O) groups excluding carboxylic acids is 1. The first-order valence-corrected chi connectivity index (χ1v) is 8.83. The monoisotopic (exact) mass is 329 g/mol. The van der Waals surface area contributed by atoms with Crippen LogP contribution < -0.4 is 5.32 Å². The second-order valence-electron chi connectivity index (χ2n) is 6.38. The molecule has 1 aliphatic heterocycles. The van der Waals surface area contributed by atoms with Crippen LogP contribution in [-0.4, -0.2) is 54.8 Å². The van der Waals surface area contributed by atoms with E-state index in [9.17, 15) is 4.79 Å². The van der Waals surface area contributed by atoms with Crippen molar-refractivity contribution in [3.8, 4) is 0 Å².